The van der Waals surface area contributed by atoms with Crippen LogP contribution in [0.15, 0.2) is 17.6 Å². The zero-order valence-corrected chi connectivity index (χ0v) is 9.33. The molecule has 0 aliphatic carbocycles. The number of isothiocyanates is 1. The molecule has 0 bridgehead atoms. The van der Waals surface area contributed by atoms with Crippen LogP contribution in [-0.4, -0.2) is 20.5 Å². The first-order chi connectivity index (χ1) is 5.86. The van der Waals surface area contributed by atoms with E-state index in [0.29, 0.717) is 6.54 Å². The van der Waals surface area contributed by atoms with Gasteiger partial charge >= 0.3 is 3.92 Å². The van der Waals surface area contributed by atoms with Crippen LogP contribution in [0, 0.1) is 10.1 Å². The van der Waals surface area contributed by atoms with Gasteiger partial charge in [0, 0.05) is 0 Å². The van der Waals surface area contributed by atoms with E-state index in [2.05, 4.69) is 29.0 Å². The Morgan fingerprint density at radius 1 is 1.69 bits per heavy atom. The number of thiocarbonyl (C=S) groups is 1. The molecule has 0 N–H and O–H groups in total. The van der Waals surface area contributed by atoms with E-state index in [9.17, 15) is 10.1 Å². The quantitative estimate of drug-likeness (QED) is 0.146. The van der Waals surface area contributed by atoms with Crippen molar-refractivity contribution >= 4 is 52.2 Å². The van der Waals surface area contributed by atoms with Crippen LogP contribution in [0.2, 0.25) is 0 Å². The average Bonchev–Trinajstić information content (AvgIpc) is 2.00. The summed E-state index contributed by atoms with van der Waals surface area (Å²) in [7, 11) is 0. The van der Waals surface area contributed by atoms with Crippen LogP contribution in [0.3, 0.4) is 0 Å². The number of rotatable bonds is 2. The van der Waals surface area contributed by atoms with Gasteiger partial charge in [-0.15, -0.1) is 6.58 Å². The molecule has 0 aliphatic heterocycles. The molecule has 0 unspecified atom stereocenters. The van der Waals surface area contributed by atoms with Gasteiger partial charge in [0.25, 0.3) is 0 Å². The van der Waals surface area contributed by atoms with Gasteiger partial charge in [0.05, 0.1) is 16.6 Å². The van der Waals surface area contributed by atoms with Gasteiger partial charge in [-0.05, 0) is 47.0 Å². The summed E-state index contributed by atoms with van der Waals surface area (Å²) in [5.41, 5.74) is 0. The highest BCUT2D eigenvalue weighted by molar-refractivity contribution is 7.78. The summed E-state index contributed by atoms with van der Waals surface area (Å²) in [6.45, 7) is 4.00. The summed E-state index contributed by atoms with van der Waals surface area (Å²) in [5, 5.41) is 11.6. The van der Waals surface area contributed by atoms with Crippen LogP contribution in [0.1, 0.15) is 0 Å². The Labute approximate surface area is 95.3 Å². The monoisotopic (exact) mass is 262 g/mol. The third kappa shape index (κ3) is 14.6. The van der Waals surface area contributed by atoms with Crippen molar-refractivity contribution in [1.29, 1.82) is 0 Å². The molecule has 0 radical (unpaired) electrons. The molecule has 0 atom stereocenters. The molecule has 0 aromatic rings. The lowest BCUT2D eigenvalue weighted by Gasteiger charge is -1.96. The first-order valence-corrected chi connectivity index (χ1v) is 4.26. The van der Waals surface area contributed by atoms with Crippen molar-refractivity contribution in [1.82, 2.24) is 0 Å². The van der Waals surface area contributed by atoms with Crippen LogP contribution in [0.4, 0.5) is 0 Å². The molecule has 4 nitrogen and oxygen atoms in total. The number of nitro groups is 1. The number of alkyl halides is 3. The Kier molecular flexibility index (Phi) is 9.89. The van der Waals surface area contributed by atoms with Crippen molar-refractivity contribution in [2.24, 2.45) is 4.99 Å². The predicted molar refractivity (Wildman–Crippen MR) is 57.4 cm³/mol. The molecular formula is C5H5Cl3N2O2S. The fourth-order valence-electron chi connectivity index (χ4n) is 0.102. The Bertz CT molecular complexity index is 222. The second-order valence-electron chi connectivity index (χ2n) is 1.45. The Morgan fingerprint density at radius 3 is 2.15 bits per heavy atom. The lowest BCUT2D eigenvalue weighted by Crippen LogP contribution is -2.15. The molecule has 13 heavy (non-hydrogen) atoms. The van der Waals surface area contributed by atoms with Gasteiger partial charge in [0.15, 0.2) is 0 Å². The van der Waals surface area contributed by atoms with E-state index in [1.54, 1.807) is 6.08 Å². The normalized spacial score (nSPS) is 8.85. The first-order valence-electron chi connectivity index (χ1n) is 2.72. The van der Waals surface area contributed by atoms with Crippen molar-refractivity contribution in [3.63, 3.8) is 0 Å². The molecule has 8 heteroatoms. The highest BCUT2D eigenvalue weighted by Gasteiger charge is 2.33. The van der Waals surface area contributed by atoms with E-state index in [4.69, 9.17) is 34.8 Å². The summed E-state index contributed by atoms with van der Waals surface area (Å²) in [5.74, 6) is 0. The van der Waals surface area contributed by atoms with Crippen molar-refractivity contribution < 1.29 is 4.92 Å². The van der Waals surface area contributed by atoms with E-state index in [1.807, 2.05) is 0 Å². The van der Waals surface area contributed by atoms with Crippen LogP contribution < -0.4 is 0 Å². The van der Waals surface area contributed by atoms with Gasteiger partial charge in [-0.1, -0.05) is 6.08 Å². The van der Waals surface area contributed by atoms with Gasteiger partial charge in [-0.25, -0.2) is 4.99 Å². The molecule has 0 aromatic carbocycles. The standard InChI is InChI=1S/C4H5NS.CCl3NO2/c1-2-3-5-4-6;2-1(3,4)5(6)7/h2H,1,3H2;. The van der Waals surface area contributed by atoms with Crippen LogP contribution >= 0.6 is 47.0 Å². The van der Waals surface area contributed by atoms with Gasteiger partial charge in [0.1, 0.15) is 0 Å². The maximum atomic E-state index is 9.43. The molecule has 0 saturated carbocycles. The van der Waals surface area contributed by atoms with Crippen molar-refractivity contribution in [3.8, 4) is 0 Å². The van der Waals surface area contributed by atoms with Gasteiger partial charge < -0.3 is 0 Å². The maximum Gasteiger partial charge on any atom is 0.449 e. The summed E-state index contributed by atoms with van der Waals surface area (Å²) >= 11 is 18.4. The minimum absolute atomic E-state index is 0.587. The first kappa shape index (κ1) is 15.3. The summed E-state index contributed by atoms with van der Waals surface area (Å²) in [6.07, 6.45) is 1.67. The largest absolute Gasteiger partial charge is 0.449 e. The van der Waals surface area contributed by atoms with Crippen molar-refractivity contribution in [3.05, 3.63) is 22.8 Å². The number of hydrogen-bond donors (Lipinski definition) is 0. The van der Waals surface area contributed by atoms with E-state index < -0.39 is 8.84 Å². The third-order valence-electron chi connectivity index (χ3n) is 0.492. The van der Waals surface area contributed by atoms with Gasteiger partial charge in [0.2, 0.25) is 0 Å². The van der Waals surface area contributed by atoms with Crippen molar-refractivity contribution in [2.75, 3.05) is 6.54 Å². The van der Waals surface area contributed by atoms with Crippen LogP contribution in [0.25, 0.3) is 0 Å². The Hall–Kier alpha value is -0.190. The molecule has 0 aromatic heterocycles. The van der Waals surface area contributed by atoms with E-state index in [1.165, 1.54) is 0 Å². The average molecular weight is 264 g/mol. The van der Waals surface area contributed by atoms with Crippen LogP contribution in [0.5, 0.6) is 0 Å². The molecule has 74 valence electrons. The third-order valence-corrected chi connectivity index (χ3v) is 1.04. The fraction of sp³-hybridized carbons (Fsp3) is 0.400. The molecular weight excluding hydrogens is 258 g/mol. The van der Waals surface area contributed by atoms with Crippen molar-refractivity contribution in [2.45, 2.75) is 3.92 Å². The van der Waals surface area contributed by atoms with E-state index in [-0.39, 0.29) is 0 Å². The predicted octanol–water partition coefficient (Wildman–Crippen LogP) is 2.87. The molecule has 0 heterocycles. The molecule has 0 aliphatic rings. The van der Waals surface area contributed by atoms with Gasteiger partial charge in [-0.2, -0.15) is 0 Å². The van der Waals surface area contributed by atoms with Crippen LogP contribution in [-0.2, 0) is 0 Å². The number of aliphatic imine (C=N–C) groups is 1. The minimum Gasteiger partial charge on any atom is -0.260 e. The fourth-order valence-corrected chi connectivity index (χ4v) is 0.176. The molecule has 0 amide bonds. The maximum absolute atomic E-state index is 9.43. The van der Waals surface area contributed by atoms with E-state index in [0.717, 1.165) is 0 Å². The highest BCUT2D eigenvalue weighted by Crippen LogP contribution is 2.25. The number of hydrogen-bond acceptors (Lipinski definition) is 4. The summed E-state index contributed by atoms with van der Waals surface area (Å²) in [6, 6.07) is 0. The second kappa shape index (κ2) is 8.41. The second-order valence-corrected chi connectivity index (χ2v) is 3.85. The summed E-state index contributed by atoms with van der Waals surface area (Å²) < 4.78 is -2.36. The highest BCUT2D eigenvalue weighted by atomic mass is 35.6. The zero-order chi connectivity index (χ0) is 10.9. The zero-order valence-electron chi connectivity index (χ0n) is 6.24. The minimum atomic E-state index is -2.36. The molecule has 0 saturated heterocycles. The molecule has 0 rings (SSSR count). The SMILES string of the molecule is C=CCN=C=S.O=[N+]([O-])C(Cl)(Cl)Cl. The Balaban J connectivity index is 0. The van der Waals surface area contributed by atoms with E-state index >= 15 is 0 Å². The number of halogens is 3. The lowest BCUT2D eigenvalue weighted by atomic mass is 10.7. The summed E-state index contributed by atoms with van der Waals surface area (Å²) in [4.78, 5) is 12.0. The lowest BCUT2D eigenvalue weighted by molar-refractivity contribution is -0.491. The molecule has 0 spiro atoms. The molecule has 0 fully saturated rings. The van der Waals surface area contributed by atoms with Gasteiger partial charge in [-0.3, -0.25) is 10.1 Å². The number of nitrogens with zero attached hydrogens (tertiary/aromatic N) is 2. The Morgan fingerprint density at radius 2 is 2.08 bits per heavy atom. The topological polar surface area (TPSA) is 55.5 Å². The smallest absolute Gasteiger partial charge is 0.260 e.